The van der Waals surface area contributed by atoms with Crippen molar-refractivity contribution in [2.24, 2.45) is 0 Å². The van der Waals surface area contributed by atoms with Gasteiger partial charge in [-0.1, -0.05) is 6.42 Å². The number of rotatable bonds is 1. The maximum Gasteiger partial charge on any atom is 0.210 e. The van der Waals surface area contributed by atoms with Crippen LogP contribution >= 0.6 is 0 Å². The van der Waals surface area contributed by atoms with Crippen LogP contribution in [-0.2, 0) is 11.1 Å². The van der Waals surface area contributed by atoms with Crippen LogP contribution in [0.5, 0.6) is 0 Å². The zero-order valence-corrected chi connectivity index (χ0v) is 6.49. The molecule has 0 aromatic rings. The van der Waals surface area contributed by atoms with E-state index in [9.17, 15) is 8.60 Å². The van der Waals surface area contributed by atoms with Gasteiger partial charge in [0.2, 0.25) is 5.00 Å². The molecule has 0 amide bonds. The third-order valence-electron chi connectivity index (χ3n) is 1.91. The van der Waals surface area contributed by atoms with Gasteiger partial charge < -0.3 is 4.55 Å². The van der Waals surface area contributed by atoms with Gasteiger partial charge in [-0.3, -0.25) is 0 Å². The molecule has 1 saturated carbocycles. The van der Waals surface area contributed by atoms with E-state index in [0.717, 1.165) is 19.3 Å². The van der Waals surface area contributed by atoms with Gasteiger partial charge in [0.15, 0.2) is 11.1 Å². The summed E-state index contributed by atoms with van der Waals surface area (Å²) in [5.41, 5.74) is 0. The number of hydrogen-bond donors (Lipinski definition) is 1. The average Bonchev–Trinajstić information content (AvgIpc) is 1.89. The van der Waals surface area contributed by atoms with Crippen molar-refractivity contribution in [2.75, 3.05) is 0 Å². The molecular formula is C6H11FO2S. The number of alkyl halides is 1. The van der Waals surface area contributed by atoms with E-state index in [1.165, 1.54) is 0 Å². The fourth-order valence-corrected chi connectivity index (χ4v) is 1.89. The van der Waals surface area contributed by atoms with Gasteiger partial charge in [-0.05, 0) is 25.7 Å². The Balaban J connectivity index is 2.56. The summed E-state index contributed by atoms with van der Waals surface area (Å²) >= 11 is -2.28. The Labute approximate surface area is 62.1 Å². The minimum atomic E-state index is -2.28. The van der Waals surface area contributed by atoms with Crippen molar-refractivity contribution in [3.63, 3.8) is 0 Å². The zero-order valence-electron chi connectivity index (χ0n) is 5.68. The molecule has 0 aliphatic heterocycles. The molecule has 0 aromatic carbocycles. The Morgan fingerprint density at radius 2 is 1.80 bits per heavy atom. The molecule has 0 bridgehead atoms. The van der Waals surface area contributed by atoms with Crippen molar-refractivity contribution < 1.29 is 13.2 Å². The normalized spacial score (nSPS) is 27.8. The summed E-state index contributed by atoms with van der Waals surface area (Å²) in [6.07, 6.45) is 2.96. The van der Waals surface area contributed by atoms with Gasteiger partial charge in [0, 0.05) is 0 Å². The van der Waals surface area contributed by atoms with E-state index in [0.29, 0.717) is 0 Å². The van der Waals surface area contributed by atoms with Gasteiger partial charge in [-0.25, -0.2) is 8.60 Å². The summed E-state index contributed by atoms with van der Waals surface area (Å²) in [6, 6.07) is 0. The molecule has 10 heavy (non-hydrogen) atoms. The quantitative estimate of drug-likeness (QED) is 0.603. The molecule has 1 unspecified atom stereocenters. The predicted molar refractivity (Wildman–Crippen MR) is 37.7 cm³/mol. The smallest absolute Gasteiger partial charge is 0.210 e. The first-order valence-corrected chi connectivity index (χ1v) is 4.56. The van der Waals surface area contributed by atoms with Crippen LogP contribution in [0.4, 0.5) is 4.39 Å². The van der Waals surface area contributed by atoms with Crippen LogP contribution in [0.2, 0.25) is 0 Å². The molecule has 60 valence electrons. The summed E-state index contributed by atoms with van der Waals surface area (Å²) in [4.78, 5) is 0. The molecule has 0 radical (unpaired) electrons. The summed E-state index contributed by atoms with van der Waals surface area (Å²) in [7, 11) is 0. The molecule has 1 N–H and O–H groups in total. The highest BCUT2D eigenvalue weighted by molar-refractivity contribution is 7.80. The van der Waals surface area contributed by atoms with Crippen molar-refractivity contribution in [3.05, 3.63) is 0 Å². The van der Waals surface area contributed by atoms with E-state index >= 15 is 0 Å². The van der Waals surface area contributed by atoms with Crippen molar-refractivity contribution in [3.8, 4) is 0 Å². The second kappa shape index (κ2) is 2.96. The Morgan fingerprint density at radius 1 is 1.30 bits per heavy atom. The van der Waals surface area contributed by atoms with Gasteiger partial charge in [0.1, 0.15) is 0 Å². The maximum atomic E-state index is 13.1. The highest BCUT2D eigenvalue weighted by atomic mass is 32.2. The largest absolute Gasteiger partial charge is 0.304 e. The van der Waals surface area contributed by atoms with Crippen LogP contribution in [0.1, 0.15) is 32.1 Å². The van der Waals surface area contributed by atoms with Crippen LogP contribution in [0.25, 0.3) is 0 Å². The van der Waals surface area contributed by atoms with Crippen LogP contribution in [0.15, 0.2) is 0 Å². The summed E-state index contributed by atoms with van der Waals surface area (Å²) in [6.45, 7) is 0. The molecule has 0 saturated heterocycles. The minimum Gasteiger partial charge on any atom is -0.304 e. The SMILES string of the molecule is O=S(O)C1(F)CCCCC1. The standard InChI is InChI=1S/C6H11FO2S/c7-6(10(8)9)4-2-1-3-5-6/h1-5H2,(H,8,9). The van der Waals surface area contributed by atoms with Crippen molar-refractivity contribution in [1.82, 2.24) is 0 Å². The lowest BCUT2D eigenvalue weighted by Gasteiger charge is -2.25. The van der Waals surface area contributed by atoms with Crippen LogP contribution in [0.3, 0.4) is 0 Å². The number of hydrogen-bond acceptors (Lipinski definition) is 1. The molecule has 1 fully saturated rings. The van der Waals surface area contributed by atoms with E-state index in [1.54, 1.807) is 0 Å². The van der Waals surface area contributed by atoms with E-state index < -0.39 is 16.1 Å². The Hall–Kier alpha value is 0.0400. The van der Waals surface area contributed by atoms with Gasteiger partial charge in [-0.15, -0.1) is 0 Å². The van der Waals surface area contributed by atoms with Gasteiger partial charge in [0.05, 0.1) is 0 Å². The molecule has 1 atom stereocenters. The van der Waals surface area contributed by atoms with Gasteiger partial charge >= 0.3 is 0 Å². The lowest BCUT2D eigenvalue weighted by Crippen LogP contribution is -2.30. The summed E-state index contributed by atoms with van der Waals surface area (Å²) in [5, 5.41) is -1.79. The van der Waals surface area contributed by atoms with Crippen LogP contribution < -0.4 is 0 Å². The first-order valence-electron chi connectivity index (χ1n) is 3.45. The first-order chi connectivity index (χ1) is 4.65. The lowest BCUT2D eigenvalue weighted by molar-refractivity contribution is 0.193. The van der Waals surface area contributed by atoms with E-state index in [1.807, 2.05) is 0 Å². The molecular weight excluding hydrogens is 155 g/mol. The van der Waals surface area contributed by atoms with Crippen molar-refractivity contribution in [1.29, 1.82) is 0 Å². The molecule has 0 aromatic heterocycles. The van der Waals surface area contributed by atoms with Crippen molar-refractivity contribution >= 4 is 11.1 Å². The van der Waals surface area contributed by atoms with E-state index in [-0.39, 0.29) is 12.8 Å². The zero-order chi connectivity index (χ0) is 7.61. The Kier molecular flexibility index (Phi) is 2.41. The third-order valence-corrected chi connectivity index (χ3v) is 2.95. The molecule has 2 nitrogen and oxygen atoms in total. The average molecular weight is 166 g/mol. The van der Waals surface area contributed by atoms with Crippen LogP contribution in [-0.4, -0.2) is 13.8 Å². The highest BCUT2D eigenvalue weighted by Gasteiger charge is 2.37. The second-order valence-electron chi connectivity index (χ2n) is 2.69. The first kappa shape index (κ1) is 8.14. The summed E-state index contributed by atoms with van der Waals surface area (Å²) in [5.74, 6) is 0. The monoisotopic (exact) mass is 166 g/mol. The molecule has 0 heterocycles. The Bertz CT molecular complexity index is 143. The van der Waals surface area contributed by atoms with Crippen LogP contribution in [0, 0.1) is 0 Å². The van der Waals surface area contributed by atoms with Gasteiger partial charge in [-0.2, -0.15) is 0 Å². The molecule has 1 aliphatic rings. The lowest BCUT2D eigenvalue weighted by atomic mass is 9.98. The predicted octanol–water partition coefficient (Wildman–Crippen LogP) is 1.84. The number of halogens is 1. The van der Waals surface area contributed by atoms with Crippen molar-refractivity contribution in [2.45, 2.75) is 37.1 Å². The molecule has 1 rings (SSSR count). The molecule has 0 spiro atoms. The van der Waals surface area contributed by atoms with Gasteiger partial charge in [0.25, 0.3) is 0 Å². The minimum absolute atomic E-state index is 0.246. The molecule has 1 aliphatic carbocycles. The Morgan fingerprint density at radius 3 is 2.10 bits per heavy atom. The van der Waals surface area contributed by atoms with E-state index in [2.05, 4.69) is 0 Å². The topological polar surface area (TPSA) is 37.3 Å². The maximum absolute atomic E-state index is 13.1. The second-order valence-corrected chi connectivity index (χ2v) is 3.92. The fourth-order valence-electron chi connectivity index (χ4n) is 1.25. The fraction of sp³-hybridized carbons (Fsp3) is 1.00. The highest BCUT2D eigenvalue weighted by Crippen LogP contribution is 2.33. The summed E-state index contributed by atoms with van der Waals surface area (Å²) < 4.78 is 32.1. The molecule has 4 heteroatoms. The third kappa shape index (κ3) is 1.55. The van der Waals surface area contributed by atoms with E-state index in [4.69, 9.17) is 4.55 Å².